The molecule has 1 aliphatic heterocycles. The highest BCUT2D eigenvalue weighted by molar-refractivity contribution is 6.07. The van der Waals surface area contributed by atoms with Crippen molar-refractivity contribution in [2.24, 2.45) is 5.92 Å². The van der Waals surface area contributed by atoms with E-state index in [0.717, 1.165) is 19.3 Å². The van der Waals surface area contributed by atoms with Gasteiger partial charge < -0.3 is 4.74 Å². The van der Waals surface area contributed by atoms with Crippen molar-refractivity contribution in [3.8, 4) is 0 Å². The number of carbonyl (C=O) groups excluding carboxylic acids is 2. The molecule has 84 valence electrons. The lowest BCUT2D eigenvalue weighted by Gasteiger charge is -2.12. The van der Waals surface area contributed by atoms with Gasteiger partial charge in [0.15, 0.2) is 5.76 Å². The van der Waals surface area contributed by atoms with Crippen molar-refractivity contribution in [3.63, 3.8) is 0 Å². The number of allylic oxidation sites excluding steroid dienone is 5. The van der Waals surface area contributed by atoms with Crippen molar-refractivity contribution < 1.29 is 14.3 Å². The SMILES string of the molecule is O=C1NC(=O)C(=CC=CC2CC=CCC2)O1. The molecule has 2 rings (SSSR count). The number of alkyl carbamates (subject to hydrolysis) is 1. The number of amides is 2. The van der Waals surface area contributed by atoms with Gasteiger partial charge in [-0.1, -0.05) is 24.3 Å². The molecule has 0 radical (unpaired) electrons. The maximum Gasteiger partial charge on any atom is 0.419 e. The van der Waals surface area contributed by atoms with E-state index in [1.807, 2.05) is 11.4 Å². The monoisotopic (exact) mass is 219 g/mol. The summed E-state index contributed by atoms with van der Waals surface area (Å²) in [6, 6.07) is 0. The third kappa shape index (κ3) is 2.59. The number of hydrogen-bond donors (Lipinski definition) is 1. The first-order valence-corrected chi connectivity index (χ1v) is 5.32. The van der Waals surface area contributed by atoms with Crippen LogP contribution in [0.1, 0.15) is 19.3 Å². The Morgan fingerprint density at radius 2 is 2.25 bits per heavy atom. The average molecular weight is 219 g/mol. The van der Waals surface area contributed by atoms with Crippen LogP contribution in [0.15, 0.2) is 36.1 Å². The third-order valence-electron chi connectivity index (χ3n) is 2.58. The molecule has 16 heavy (non-hydrogen) atoms. The van der Waals surface area contributed by atoms with Crippen molar-refractivity contribution >= 4 is 12.0 Å². The normalized spacial score (nSPS) is 27.5. The standard InChI is InChI=1S/C12H13NO3/c14-11-10(16-12(15)13-11)8-4-7-9-5-2-1-3-6-9/h1-2,4,7-9H,3,5-6H2,(H,13,14,15). The minimum atomic E-state index is -0.703. The molecule has 1 fully saturated rings. The first-order valence-electron chi connectivity index (χ1n) is 5.32. The summed E-state index contributed by atoms with van der Waals surface area (Å²) in [7, 11) is 0. The van der Waals surface area contributed by atoms with Crippen LogP contribution in [0.2, 0.25) is 0 Å². The number of ether oxygens (including phenoxy) is 1. The molecule has 2 aliphatic rings. The lowest BCUT2D eigenvalue weighted by Crippen LogP contribution is -2.18. The lowest BCUT2D eigenvalue weighted by atomic mass is 9.94. The highest BCUT2D eigenvalue weighted by Gasteiger charge is 2.25. The van der Waals surface area contributed by atoms with Crippen molar-refractivity contribution in [3.05, 3.63) is 36.1 Å². The maximum absolute atomic E-state index is 11.1. The number of imide groups is 1. The number of rotatable bonds is 2. The first-order chi connectivity index (χ1) is 7.75. The van der Waals surface area contributed by atoms with Crippen LogP contribution in [-0.2, 0) is 9.53 Å². The van der Waals surface area contributed by atoms with Gasteiger partial charge in [-0.05, 0) is 31.3 Å². The molecule has 1 heterocycles. The molecule has 0 aromatic carbocycles. The molecule has 1 atom stereocenters. The molecule has 1 unspecified atom stereocenters. The van der Waals surface area contributed by atoms with Crippen molar-refractivity contribution in [1.29, 1.82) is 0 Å². The fraction of sp³-hybridized carbons (Fsp3) is 0.333. The minimum Gasteiger partial charge on any atom is -0.404 e. The first kappa shape index (κ1) is 10.7. The number of cyclic esters (lactones) is 1. The van der Waals surface area contributed by atoms with Gasteiger partial charge in [0.1, 0.15) is 0 Å². The fourth-order valence-electron chi connectivity index (χ4n) is 1.73. The van der Waals surface area contributed by atoms with E-state index < -0.39 is 12.0 Å². The summed E-state index contributed by atoms with van der Waals surface area (Å²) in [6.07, 6.45) is 12.2. The van der Waals surface area contributed by atoms with Crippen LogP contribution in [0.25, 0.3) is 0 Å². The second kappa shape index (κ2) is 4.79. The fourth-order valence-corrected chi connectivity index (χ4v) is 1.73. The molecule has 0 bridgehead atoms. The molecular weight excluding hydrogens is 206 g/mol. The summed E-state index contributed by atoms with van der Waals surface area (Å²) in [4.78, 5) is 21.8. The van der Waals surface area contributed by atoms with E-state index >= 15 is 0 Å². The molecule has 1 N–H and O–H groups in total. The van der Waals surface area contributed by atoms with Crippen LogP contribution < -0.4 is 5.32 Å². The van der Waals surface area contributed by atoms with Crippen molar-refractivity contribution in [2.45, 2.75) is 19.3 Å². The predicted octanol–water partition coefficient (Wildman–Crippen LogP) is 2.05. The molecule has 0 aromatic heterocycles. The molecule has 1 saturated heterocycles. The van der Waals surface area contributed by atoms with E-state index in [9.17, 15) is 9.59 Å². The Morgan fingerprint density at radius 3 is 2.88 bits per heavy atom. The molecule has 2 amide bonds. The van der Waals surface area contributed by atoms with Gasteiger partial charge in [-0.3, -0.25) is 10.1 Å². The quantitative estimate of drug-likeness (QED) is 0.571. The van der Waals surface area contributed by atoms with Gasteiger partial charge in [0, 0.05) is 0 Å². The van der Waals surface area contributed by atoms with Gasteiger partial charge in [0.05, 0.1) is 0 Å². The molecule has 4 heteroatoms. The molecule has 4 nitrogen and oxygen atoms in total. The Bertz CT molecular complexity index is 393. The topological polar surface area (TPSA) is 55.4 Å². The molecule has 1 aliphatic carbocycles. The smallest absolute Gasteiger partial charge is 0.404 e. The highest BCUT2D eigenvalue weighted by atomic mass is 16.6. The Labute approximate surface area is 93.7 Å². The maximum atomic E-state index is 11.1. The van der Waals surface area contributed by atoms with Gasteiger partial charge in [0.2, 0.25) is 0 Å². The summed E-state index contributed by atoms with van der Waals surface area (Å²) in [6.45, 7) is 0. The second-order valence-electron chi connectivity index (χ2n) is 3.80. The summed E-state index contributed by atoms with van der Waals surface area (Å²) in [5.41, 5.74) is 0. The Morgan fingerprint density at radius 1 is 1.38 bits per heavy atom. The predicted molar refractivity (Wildman–Crippen MR) is 58.3 cm³/mol. The zero-order chi connectivity index (χ0) is 11.4. The van der Waals surface area contributed by atoms with Gasteiger partial charge in [0.25, 0.3) is 5.91 Å². The summed E-state index contributed by atoms with van der Waals surface area (Å²) < 4.78 is 4.66. The van der Waals surface area contributed by atoms with Crippen LogP contribution in [-0.4, -0.2) is 12.0 Å². The molecule has 0 spiro atoms. The van der Waals surface area contributed by atoms with E-state index in [1.165, 1.54) is 6.08 Å². The van der Waals surface area contributed by atoms with Crippen molar-refractivity contribution in [1.82, 2.24) is 5.32 Å². The van der Waals surface area contributed by atoms with E-state index in [-0.39, 0.29) is 5.76 Å². The van der Waals surface area contributed by atoms with Gasteiger partial charge >= 0.3 is 6.09 Å². The molecule has 0 saturated carbocycles. The van der Waals surface area contributed by atoms with Crippen LogP contribution >= 0.6 is 0 Å². The number of carbonyl (C=O) groups is 2. The molecular formula is C12H13NO3. The van der Waals surface area contributed by atoms with Gasteiger partial charge in [-0.15, -0.1) is 0 Å². The third-order valence-corrected chi connectivity index (χ3v) is 2.58. The van der Waals surface area contributed by atoms with Gasteiger partial charge in [-0.2, -0.15) is 0 Å². The van der Waals surface area contributed by atoms with E-state index in [2.05, 4.69) is 16.9 Å². The van der Waals surface area contributed by atoms with E-state index in [1.54, 1.807) is 6.08 Å². The largest absolute Gasteiger partial charge is 0.419 e. The zero-order valence-electron chi connectivity index (χ0n) is 8.81. The molecule has 0 aromatic rings. The Balaban J connectivity index is 1.92. The summed E-state index contributed by atoms with van der Waals surface area (Å²) >= 11 is 0. The highest BCUT2D eigenvalue weighted by Crippen LogP contribution is 2.19. The van der Waals surface area contributed by atoms with Crippen LogP contribution in [0, 0.1) is 5.92 Å². The second-order valence-corrected chi connectivity index (χ2v) is 3.80. The van der Waals surface area contributed by atoms with Crippen LogP contribution in [0.3, 0.4) is 0 Å². The summed E-state index contributed by atoms with van der Waals surface area (Å²) in [5, 5.41) is 2.04. The minimum absolute atomic E-state index is 0.0626. The van der Waals surface area contributed by atoms with Crippen LogP contribution in [0.5, 0.6) is 0 Å². The Hall–Kier alpha value is -1.84. The number of hydrogen-bond acceptors (Lipinski definition) is 3. The number of nitrogens with one attached hydrogen (secondary N) is 1. The van der Waals surface area contributed by atoms with E-state index in [0.29, 0.717) is 5.92 Å². The zero-order valence-corrected chi connectivity index (χ0v) is 8.81. The van der Waals surface area contributed by atoms with Crippen LogP contribution in [0.4, 0.5) is 4.79 Å². The average Bonchev–Trinajstić information content (AvgIpc) is 2.59. The lowest BCUT2D eigenvalue weighted by molar-refractivity contribution is -0.116. The summed E-state index contributed by atoms with van der Waals surface area (Å²) in [5.74, 6) is 0.104. The Kier molecular flexibility index (Phi) is 3.19. The van der Waals surface area contributed by atoms with Crippen molar-refractivity contribution in [2.75, 3.05) is 0 Å². The van der Waals surface area contributed by atoms with E-state index in [4.69, 9.17) is 0 Å². The van der Waals surface area contributed by atoms with Gasteiger partial charge in [-0.25, -0.2) is 4.79 Å².